The van der Waals surface area contributed by atoms with E-state index in [0.29, 0.717) is 0 Å². The van der Waals surface area contributed by atoms with E-state index < -0.39 is 254 Å². The summed E-state index contributed by atoms with van der Waals surface area (Å²) in [5, 5.41) is 0. The van der Waals surface area contributed by atoms with Crippen molar-refractivity contribution < 1.29 is 67.5 Å². The SMILES string of the molecule is CC(C)(C)OC(C)(C)C.CC(C)(C)Oc1ccccc1.COC(C)(C)C.COC(C)(C)C.[2H]C([2H])([2H])C(C)(OC(C)(C)C)C([2H])([2H])[2H].[2H]c1c([2H])c([2H])c(-c2cc(-c3c([2H])c([2H])c([2H])c(-c4cc(-c5c([2H])c([2H])c([2H])c([2H])c5[2H])c([2H])c(-c5c([2H])c([2H])c(C)c([2H])c5[2H])c4[2H])c3C(C)(C)C)c([2H])c(-c3c([2H])c([2H])c([2H])c([2H])c3[2H])c2[2H])c([2H])c1[2H]. The van der Waals surface area contributed by atoms with Crippen molar-refractivity contribution in [2.45, 2.75) is 218 Å². The van der Waals surface area contributed by atoms with Crippen LogP contribution in [0.5, 0.6) is 5.75 Å². The van der Waals surface area contributed by atoms with Crippen molar-refractivity contribution in [1.82, 2.24) is 0 Å². The van der Waals surface area contributed by atoms with Crippen LogP contribution in [0.15, 0.2) is 200 Å². The molecule has 8 aromatic rings. The van der Waals surface area contributed by atoms with Gasteiger partial charge in [0.2, 0.25) is 0 Å². The van der Waals surface area contributed by atoms with Gasteiger partial charge in [0.25, 0.3) is 0 Å². The molecule has 0 radical (unpaired) electrons. The Bertz CT molecular complexity index is 4680. The van der Waals surface area contributed by atoms with Gasteiger partial charge in [-0.15, -0.1) is 0 Å². The maximum atomic E-state index is 9.86. The molecular formula is C83H114O5. The fourth-order valence-corrected chi connectivity index (χ4v) is 7.40. The molecule has 5 heteroatoms. The maximum Gasteiger partial charge on any atom is 0.120 e. The van der Waals surface area contributed by atoms with Crippen molar-refractivity contribution in [3.63, 3.8) is 0 Å². The van der Waals surface area contributed by atoms with E-state index in [9.17, 15) is 9.60 Å². The summed E-state index contributed by atoms with van der Waals surface area (Å²) in [5.74, 6) is 0.931. The van der Waals surface area contributed by atoms with E-state index in [1.165, 1.54) is 6.92 Å². The number of para-hydroxylation sites is 1. The Hall–Kier alpha value is -6.60. The van der Waals surface area contributed by atoms with Crippen molar-refractivity contribution in [3.05, 3.63) is 211 Å². The number of rotatable bonds is 7. The van der Waals surface area contributed by atoms with Gasteiger partial charge >= 0.3 is 0 Å². The quantitative estimate of drug-likeness (QED) is 0.159. The zero-order chi connectivity index (χ0) is 94.2. The lowest BCUT2D eigenvalue weighted by Crippen LogP contribution is -2.31. The average Bonchev–Trinajstić information content (AvgIpc) is 0.711. The van der Waals surface area contributed by atoms with Gasteiger partial charge in [0.1, 0.15) is 11.4 Å². The molecule has 0 aliphatic carbocycles. The van der Waals surface area contributed by atoms with Gasteiger partial charge in [-0.25, -0.2) is 0 Å². The molecule has 0 unspecified atom stereocenters. The second kappa shape index (κ2) is 32.8. The Morgan fingerprint density at radius 1 is 0.318 bits per heavy atom. The van der Waals surface area contributed by atoms with Gasteiger partial charge in [-0.1, -0.05) is 177 Å². The van der Waals surface area contributed by atoms with E-state index in [-0.39, 0.29) is 39.1 Å². The third-order valence-corrected chi connectivity index (χ3v) is 10.6. The molecule has 0 heterocycles. The molecule has 88 heavy (non-hydrogen) atoms. The third kappa shape index (κ3) is 30.5. The molecule has 0 spiro atoms. The molecular weight excluding hydrogens is 1080 g/mol. The van der Waals surface area contributed by atoms with Crippen LogP contribution in [0.4, 0.5) is 0 Å². The van der Waals surface area contributed by atoms with Gasteiger partial charge in [0.15, 0.2) is 0 Å². The van der Waals surface area contributed by atoms with E-state index in [2.05, 4.69) is 41.5 Å². The Balaban J connectivity index is 0.000000633. The summed E-state index contributed by atoms with van der Waals surface area (Å²) in [7, 11) is 3.42. The summed E-state index contributed by atoms with van der Waals surface area (Å²) in [5.41, 5.74) is -11.7. The van der Waals surface area contributed by atoms with Crippen LogP contribution in [0.1, 0.15) is 221 Å². The number of methoxy groups -OCH3 is 2. The molecule has 0 atom stereocenters. The summed E-state index contributed by atoms with van der Waals surface area (Å²) >= 11 is 0. The van der Waals surface area contributed by atoms with Crippen LogP contribution >= 0.6 is 0 Å². The molecule has 8 aromatic carbocycles. The summed E-state index contributed by atoms with van der Waals surface area (Å²) in [4.78, 5) is 0. The zero-order valence-corrected chi connectivity index (χ0v) is 56.6. The van der Waals surface area contributed by atoms with Crippen LogP contribution in [-0.4, -0.2) is 53.4 Å². The fraction of sp³-hybridized carbons (Fsp3) is 0.422. The Morgan fingerprint density at radius 3 is 0.920 bits per heavy atom. The molecule has 0 saturated carbocycles. The topological polar surface area (TPSA) is 46.2 Å². The zero-order valence-electron chi connectivity index (χ0n) is 88.6. The highest BCUT2D eigenvalue weighted by molar-refractivity contribution is 5.88. The Labute approximate surface area is 581 Å². The molecule has 0 saturated heterocycles. The minimum absolute atomic E-state index is 0.0156. The molecule has 5 nitrogen and oxygen atoms in total. The van der Waals surface area contributed by atoms with Crippen LogP contribution in [0.25, 0.3) is 66.8 Å². The van der Waals surface area contributed by atoms with E-state index in [1.54, 1.807) is 55.8 Å². The normalized spacial score (nSPS) is 17.4. The molecule has 8 rings (SSSR count). The third-order valence-electron chi connectivity index (χ3n) is 10.6. The molecule has 0 aliphatic rings. The van der Waals surface area contributed by atoms with Crippen molar-refractivity contribution in [3.8, 4) is 72.5 Å². The van der Waals surface area contributed by atoms with Gasteiger partial charge in [-0.2, -0.15) is 0 Å². The molecule has 0 N–H and O–H groups in total. The van der Waals surface area contributed by atoms with E-state index in [0.717, 1.165) is 24.8 Å². The Morgan fingerprint density at radius 2 is 0.636 bits per heavy atom. The molecule has 476 valence electrons. The first kappa shape index (κ1) is 39.5. The molecule has 0 bridgehead atoms. The lowest BCUT2D eigenvalue weighted by molar-refractivity contribution is -0.102. The van der Waals surface area contributed by atoms with E-state index >= 15 is 0 Å². The molecule has 0 aromatic heterocycles. The van der Waals surface area contributed by atoms with Crippen molar-refractivity contribution in [2.24, 2.45) is 0 Å². The molecule has 0 fully saturated rings. The fourth-order valence-electron chi connectivity index (χ4n) is 7.40. The van der Waals surface area contributed by atoms with Crippen LogP contribution in [0, 0.1) is 6.92 Å². The summed E-state index contributed by atoms with van der Waals surface area (Å²) in [6.45, 7) is 37.2. The lowest BCUT2D eigenvalue weighted by atomic mass is 9.76. The standard InChI is InChI=1S/C47H40.C10H14O.2C8H18O.2C5H12O/c1-33-23-25-37(26-24-33)41-28-40(36-19-12-7-13-20-36)31-43(32-41)45-22-14-21-44(46(45)47(2,3)4)42-29-38(34-15-8-5-9-16-34)27-39(30-42)35-17-10-6-11-18-35;1-10(2,3)11-9-7-5-4-6-8-9;2*1-7(2,3)9-8(4,5)6;2*1-5(2,3)6-4/h5-32H,1-4H3;4-8H,1-3H3;2*1-6H3;2*1-4H3/i5D,6D,7D,8D,9D,10D,11D,12D,13D,14D,15D,16D,17D,18D,19D,20D,21D,22D,23D,24D,25D,26D,27D,28D,29D,32D;;1D3,2D3;;;. The van der Waals surface area contributed by atoms with E-state index in [4.69, 9.17) is 58.0 Å². The second-order valence-corrected chi connectivity index (χ2v) is 27.2. The monoisotopic (exact) mass is 1220 g/mol. The number of benzene rings is 8. The minimum atomic E-state index is -2.69. The first-order valence-electron chi connectivity index (χ1n) is 44.8. The number of ether oxygens (including phenoxy) is 5. The summed E-state index contributed by atoms with van der Waals surface area (Å²) in [6.07, 6.45) is 0. The van der Waals surface area contributed by atoms with Crippen LogP contribution in [0.3, 0.4) is 0 Å². The van der Waals surface area contributed by atoms with Crippen LogP contribution in [-0.2, 0) is 24.4 Å². The predicted molar refractivity (Wildman–Crippen MR) is 384 cm³/mol. The van der Waals surface area contributed by atoms with Gasteiger partial charge in [0.05, 0.1) is 69.2 Å². The number of hydrogen-bond donors (Lipinski definition) is 0. The Kier molecular flexibility index (Phi) is 14.7. The minimum Gasteiger partial charge on any atom is -0.488 e. The number of hydrogen-bond acceptors (Lipinski definition) is 5. The maximum absolute atomic E-state index is 9.86. The lowest BCUT2D eigenvalue weighted by Gasteiger charge is -2.30. The second-order valence-electron chi connectivity index (χ2n) is 27.2. The van der Waals surface area contributed by atoms with Crippen LogP contribution < -0.4 is 4.74 Å². The molecule has 0 aliphatic heterocycles. The van der Waals surface area contributed by atoms with E-state index in [1.807, 2.05) is 92.6 Å². The first-order chi connectivity index (χ1) is 53.8. The van der Waals surface area contributed by atoms with Gasteiger partial charge in [-0.3, -0.25) is 0 Å². The van der Waals surface area contributed by atoms with Gasteiger partial charge < -0.3 is 23.7 Å². The van der Waals surface area contributed by atoms with Crippen molar-refractivity contribution in [1.29, 1.82) is 0 Å². The smallest absolute Gasteiger partial charge is 0.120 e. The highest BCUT2D eigenvalue weighted by Crippen LogP contribution is 2.44. The summed E-state index contributed by atoms with van der Waals surface area (Å²) < 4.78 is 302. The largest absolute Gasteiger partial charge is 0.488 e. The van der Waals surface area contributed by atoms with Crippen molar-refractivity contribution >= 4 is 0 Å². The van der Waals surface area contributed by atoms with Gasteiger partial charge in [-0.05, 0) is 278 Å². The summed E-state index contributed by atoms with van der Waals surface area (Å²) in [6, 6.07) is -9.37. The average molecular weight is 1220 g/mol. The highest BCUT2D eigenvalue weighted by Gasteiger charge is 2.26. The first-order valence-corrected chi connectivity index (χ1v) is 28.8. The van der Waals surface area contributed by atoms with Gasteiger partial charge in [0, 0.05) is 22.4 Å². The van der Waals surface area contributed by atoms with Crippen molar-refractivity contribution in [2.75, 3.05) is 14.2 Å². The molecule has 0 amide bonds. The highest BCUT2D eigenvalue weighted by atomic mass is 16.5. The van der Waals surface area contributed by atoms with Crippen LogP contribution in [0.2, 0.25) is 0 Å². The predicted octanol–water partition coefficient (Wildman–Crippen LogP) is 24.2.